The Hall–Kier alpha value is -2.48. The summed E-state index contributed by atoms with van der Waals surface area (Å²) in [5.74, 6) is 4.40. The minimum absolute atomic E-state index is 0.00493. The van der Waals surface area contributed by atoms with Crippen LogP contribution in [0.2, 0.25) is 0 Å². The molecule has 2 aliphatic rings. The molecule has 3 N–H and O–H groups in total. The van der Waals surface area contributed by atoms with Crippen LogP contribution in [0.3, 0.4) is 0 Å². The molecule has 3 rings (SSSR count). The number of hydroxylamine groups is 2. The standard InChI is InChI=1S/C13H16N4O8S/c14-16(11(18)6-9-2-1-5-24-9)12(19)10-4-3-8-7-15(10)13(20)17(8)25-26(21,22)23/h1-2,5,8,10H,3-4,6-7,14H2,(H,21,22,23)/t8-,10+/m1/s1. The van der Waals surface area contributed by atoms with Crippen LogP contribution < -0.4 is 5.84 Å². The number of carbonyl (C=O) groups is 3. The van der Waals surface area contributed by atoms with Crippen molar-refractivity contribution in [2.24, 2.45) is 5.84 Å². The van der Waals surface area contributed by atoms with E-state index >= 15 is 0 Å². The van der Waals surface area contributed by atoms with Crippen molar-refractivity contribution < 1.29 is 36.1 Å². The largest absolute Gasteiger partial charge is 0.469 e. The van der Waals surface area contributed by atoms with Crippen molar-refractivity contribution in [3.63, 3.8) is 0 Å². The average molecular weight is 388 g/mol. The summed E-state index contributed by atoms with van der Waals surface area (Å²) in [6.07, 6.45) is 1.53. The van der Waals surface area contributed by atoms with E-state index in [0.717, 1.165) is 4.90 Å². The minimum Gasteiger partial charge on any atom is -0.469 e. The Bertz CT molecular complexity index is 823. The number of fused-ring (bicyclic) bond motifs is 2. The first-order chi connectivity index (χ1) is 12.2. The number of amides is 4. The second kappa shape index (κ2) is 6.68. The van der Waals surface area contributed by atoms with Crippen LogP contribution in [0, 0.1) is 0 Å². The van der Waals surface area contributed by atoms with Crippen molar-refractivity contribution in [3.05, 3.63) is 24.2 Å². The normalized spacial score (nSPS) is 22.6. The van der Waals surface area contributed by atoms with Crippen molar-refractivity contribution >= 4 is 28.2 Å². The fraction of sp³-hybridized carbons (Fsp3) is 0.462. The molecule has 0 spiro atoms. The molecular formula is C13H16N4O8S. The Morgan fingerprint density at radius 2 is 2.15 bits per heavy atom. The molecule has 13 heteroatoms. The van der Waals surface area contributed by atoms with E-state index in [1.54, 1.807) is 12.1 Å². The molecule has 142 valence electrons. The third kappa shape index (κ3) is 3.55. The number of hydrogen-bond acceptors (Lipinski definition) is 8. The summed E-state index contributed by atoms with van der Waals surface area (Å²) in [7, 11) is -4.88. The lowest BCUT2D eigenvalue weighted by atomic mass is 10.00. The van der Waals surface area contributed by atoms with Gasteiger partial charge in [0.2, 0.25) is 0 Å². The van der Waals surface area contributed by atoms with E-state index in [4.69, 9.17) is 14.8 Å². The first-order valence-electron chi connectivity index (χ1n) is 7.58. The van der Waals surface area contributed by atoms with Gasteiger partial charge in [-0.3, -0.25) is 14.1 Å². The fourth-order valence-corrected chi connectivity index (χ4v) is 3.41. The van der Waals surface area contributed by atoms with Gasteiger partial charge in [-0.25, -0.2) is 15.6 Å². The van der Waals surface area contributed by atoms with Crippen molar-refractivity contribution in [3.8, 4) is 0 Å². The Balaban J connectivity index is 1.69. The third-order valence-electron chi connectivity index (χ3n) is 4.19. The molecule has 26 heavy (non-hydrogen) atoms. The SMILES string of the molecule is NN(C(=O)Cc1ccco1)C(=O)[C@@H]1CC[C@@H]2CN1C(=O)N2OS(=O)(=O)O. The second-order valence-electron chi connectivity index (χ2n) is 5.87. The molecule has 2 saturated heterocycles. The molecule has 0 aromatic carbocycles. The monoisotopic (exact) mass is 388 g/mol. The maximum Gasteiger partial charge on any atom is 0.418 e. The quantitative estimate of drug-likeness (QED) is 0.280. The van der Waals surface area contributed by atoms with Crippen molar-refractivity contribution in [1.29, 1.82) is 0 Å². The van der Waals surface area contributed by atoms with E-state index in [1.165, 1.54) is 6.26 Å². The van der Waals surface area contributed by atoms with E-state index < -0.39 is 40.3 Å². The number of hydrazine groups is 1. The molecule has 2 bridgehead atoms. The zero-order valence-electron chi connectivity index (χ0n) is 13.3. The highest BCUT2D eigenvalue weighted by Crippen LogP contribution is 2.31. The summed E-state index contributed by atoms with van der Waals surface area (Å²) in [6, 6.07) is 0.544. The minimum atomic E-state index is -4.88. The molecule has 0 aliphatic carbocycles. The molecule has 1 aromatic rings. The molecule has 2 fully saturated rings. The first kappa shape index (κ1) is 18.3. The third-order valence-corrected chi connectivity index (χ3v) is 4.54. The van der Waals surface area contributed by atoms with Gasteiger partial charge in [0, 0.05) is 6.54 Å². The number of rotatable bonds is 5. The Kier molecular flexibility index (Phi) is 4.70. The smallest absolute Gasteiger partial charge is 0.418 e. The van der Waals surface area contributed by atoms with Crippen LogP contribution in [0.5, 0.6) is 0 Å². The lowest BCUT2D eigenvalue weighted by Crippen LogP contribution is -2.55. The summed E-state index contributed by atoms with van der Waals surface area (Å²) >= 11 is 0. The van der Waals surface area contributed by atoms with Gasteiger partial charge in [-0.2, -0.15) is 13.5 Å². The predicted octanol–water partition coefficient (Wildman–Crippen LogP) is -0.946. The van der Waals surface area contributed by atoms with Crippen LogP contribution in [0.4, 0.5) is 4.79 Å². The van der Waals surface area contributed by atoms with Crippen LogP contribution in [0.25, 0.3) is 0 Å². The number of piperidine rings is 1. The molecular weight excluding hydrogens is 372 g/mol. The number of carbonyl (C=O) groups excluding carboxylic acids is 3. The van der Waals surface area contributed by atoms with Crippen molar-refractivity contribution in [1.82, 2.24) is 15.0 Å². The predicted molar refractivity (Wildman–Crippen MR) is 81.8 cm³/mol. The van der Waals surface area contributed by atoms with Gasteiger partial charge in [0.05, 0.1) is 18.7 Å². The summed E-state index contributed by atoms with van der Waals surface area (Å²) in [6.45, 7) is 0.00493. The summed E-state index contributed by atoms with van der Waals surface area (Å²) < 4.78 is 39.8. The number of hydrogen-bond donors (Lipinski definition) is 2. The second-order valence-corrected chi connectivity index (χ2v) is 6.87. The van der Waals surface area contributed by atoms with E-state index in [-0.39, 0.29) is 25.8 Å². The van der Waals surface area contributed by atoms with Crippen LogP contribution in [0.15, 0.2) is 22.8 Å². The molecule has 0 unspecified atom stereocenters. The molecule has 0 saturated carbocycles. The maximum atomic E-state index is 12.5. The average Bonchev–Trinajstić information content (AvgIpc) is 3.16. The molecule has 3 heterocycles. The molecule has 12 nitrogen and oxygen atoms in total. The molecule has 4 amide bonds. The van der Waals surface area contributed by atoms with E-state index in [9.17, 15) is 22.8 Å². The zero-order chi connectivity index (χ0) is 19.1. The van der Waals surface area contributed by atoms with Gasteiger partial charge in [-0.1, -0.05) is 0 Å². The van der Waals surface area contributed by atoms with Crippen LogP contribution in [0.1, 0.15) is 18.6 Å². The van der Waals surface area contributed by atoms with Gasteiger partial charge in [0.1, 0.15) is 11.8 Å². The van der Waals surface area contributed by atoms with Gasteiger partial charge in [0.25, 0.3) is 11.8 Å². The van der Waals surface area contributed by atoms with Gasteiger partial charge in [0.15, 0.2) is 0 Å². The highest BCUT2D eigenvalue weighted by molar-refractivity contribution is 7.80. The van der Waals surface area contributed by atoms with Crippen LogP contribution >= 0.6 is 0 Å². The molecule has 0 radical (unpaired) electrons. The first-order valence-corrected chi connectivity index (χ1v) is 8.94. The lowest BCUT2D eigenvalue weighted by molar-refractivity contribution is -0.148. The topological polar surface area (TPSA) is 164 Å². The lowest BCUT2D eigenvalue weighted by Gasteiger charge is -2.31. The van der Waals surface area contributed by atoms with E-state index in [2.05, 4.69) is 4.28 Å². The summed E-state index contributed by atoms with van der Waals surface area (Å²) in [5, 5.41) is 0.932. The number of nitrogens with two attached hydrogens (primary N) is 1. The van der Waals surface area contributed by atoms with Gasteiger partial charge < -0.3 is 9.32 Å². The van der Waals surface area contributed by atoms with Gasteiger partial charge in [-0.15, -0.1) is 4.28 Å². The number of imide groups is 1. The number of furan rings is 1. The van der Waals surface area contributed by atoms with Crippen molar-refractivity contribution in [2.75, 3.05) is 6.54 Å². The van der Waals surface area contributed by atoms with Gasteiger partial charge in [-0.05, 0) is 25.0 Å². The zero-order valence-corrected chi connectivity index (χ0v) is 14.2. The number of nitrogens with zero attached hydrogens (tertiary/aromatic N) is 3. The number of urea groups is 1. The van der Waals surface area contributed by atoms with Crippen LogP contribution in [-0.4, -0.2) is 64.4 Å². The van der Waals surface area contributed by atoms with Gasteiger partial charge >= 0.3 is 16.4 Å². The summed E-state index contributed by atoms with van der Waals surface area (Å²) in [5.41, 5.74) is 0. The Morgan fingerprint density at radius 1 is 1.42 bits per heavy atom. The fourth-order valence-electron chi connectivity index (χ4n) is 3.02. The van der Waals surface area contributed by atoms with E-state index in [0.29, 0.717) is 15.8 Å². The summed E-state index contributed by atoms with van der Waals surface area (Å²) in [4.78, 5) is 37.9. The van der Waals surface area contributed by atoms with Crippen LogP contribution in [-0.2, 0) is 30.7 Å². The molecule has 2 atom stereocenters. The van der Waals surface area contributed by atoms with Crippen molar-refractivity contribution in [2.45, 2.75) is 31.3 Å². The van der Waals surface area contributed by atoms with E-state index in [1.807, 2.05) is 0 Å². The molecule has 2 aliphatic heterocycles. The maximum absolute atomic E-state index is 12.5. The Labute approximate surface area is 147 Å². The Morgan fingerprint density at radius 3 is 2.77 bits per heavy atom. The highest BCUT2D eigenvalue weighted by Gasteiger charge is 2.50. The highest BCUT2D eigenvalue weighted by atomic mass is 32.3. The molecule has 1 aromatic heterocycles.